The molecule has 2 fully saturated rings. The van der Waals surface area contributed by atoms with E-state index in [2.05, 4.69) is 0 Å². The minimum Gasteiger partial charge on any atom is -0.382 e. The third-order valence-corrected chi connectivity index (χ3v) is 5.07. The van der Waals surface area contributed by atoms with Gasteiger partial charge in [-0.2, -0.15) is 0 Å². The third kappa shape index (κ3) is 3.94. The Morgan fingerprint density at radius 2 is 1.75 bits per heavy atom. The van der Waals surface area contributed by atoms with Crippen molar-refractivity contribution < 1.29 is 14.2 Å². The summed E-state index contributed by atoms with van der Waals surface area (Å²) in [5.74, 6) is 0. The molecule has 0 aromatic carbocycles. The lowest BCUT2D eigenvalue weighted by atomic mass is 9.58. The molecule has 4 nitrogen and oxygen atoms in total. The Hall–Kier alpha value is -0.160. The maximum atomic E-state index is 6.31. The Kier molecular flexibility index (Phi) is 6.75. The molecule has 0 aliphatic heterocycles. The second-order valence-corrected chi connectivity index (χ2v) is 6.31. The fourth-order valence-corrected chi connectivity index (χ4v) is 3.72. The molecule has 2 N–H and O–H groups in total. The second-order valence-electron chi connectivity index (χ2n) is 6.31. The monoisotopic (exact) mass is 285 g/mol. The summed E-state index contributed by atoms with van der Waals surface area (Å²) in [4.78, 5) is 0. The Morgan fingerprint density at radius 1 is 1.00 bits per heavy atom. The van der Waals surface area contributed by atoms with E-state index in [1.165, 1.54) is 38.5 Å². The molecule has 2 aliphatic carbocycles. The molecule has 2 rings (SSSR count). The Balaban J connectivity index is 1.63. The second kappa shape index (κ2) is 8.32. The number of hydrogen-bond acceptors (Lipinski definition) is 4. The summed E-state index contributed by atoms with van der Waals surface area (Å²) in [6.07, 6.45) is 10.3. The molecule has 0 saturated heterocycles. The minimum absolute atomic E-state index is 0.299. The van der Waals surface area contributed by atoms with Gasteiger partial charge in [0.2, 0.25) is 0 Å². The molecule has 0 radical (unpaired) electrons. The van der Waals surface area contributed by atoms with Gasteiger partial charge >= 0.3 is 0 Å². The van der Waals surface area contributed by atoms with Crippen LogP contribution in [0, 0.1) is 5.41 Å². The van der Waals surface area contributed by atoms with Crippen LogP contribution in [-0.4, -0.2) is 45.7 Å². The van der Waals surface area contributed by atoms with Crippen molar-refractivity contribution in [3.05, 3.63) is 0 Å². The molecular formula is C16H31NO3. The minimum atomic E-state index is 0.299. The van der Waals surface area contributed by atoms with E-state index in [0.29, 0.717) is 30.8 Å². The highest BCUT2D eigenvalue weighted by atomic mass is 16.5. The van der Waals surface area contributed by atoms with Crippen LogP contribution < -0.4 is 5.73 Å². The van der Waals surface area contributed by atoms with E-state index in [-0.39, 0.29) is 0 Å². The Morgan fingerprint density at radius 3 is 2.40 bits per heavy atom. The van der Waals surface area contributed by atoms with Crippen molar-refractivity contribution in [1.29, 1.82) is 0 Å². The van der Waals surface area contributed by atoms with Gasteiger partial charge in [0.1, 0.15) is 0 Å². The molecule has 2 unspecified atom stereocenters. The van der Waals surface area contributed by atoms with Gasteiger partial charge in [-0.3, -0.25) is 0 Å². The summed E-state index contributed by atoms with van der Waals surface area (Å²) in [6, 6.07) is 0.364. The van der Waals surface area contributed by atoms with Crippen LogP contribution in [0.3, 0.4) is 0 Å². The quantitative estimate of drug-likeness (QED) is 0.696. The van der Waals surface area contributed by atoms with Gasteiger partial charge in [0, 0.05) is 31.8 Å². The van der Waals surface area contributed by atoms with E-state index in [0.717, 1.165) is 26.1 Å². The SMILES string of the molecule is COCCOCCCOC1CC(N)C12CCCCCC2. The first-order valence-electron chi connectivity index (χ1n) is 8.23. The average molecular weight is 285 g/mol. The van der Waals surface area contributed by atoms with Crippen molar-refractivity contribution in [2.24, 2.45) is 11.1 Å². The van der Waals surface area contributed by atoms with Gasteiger partial charge in [0.25, 0.3) is 0 Å². The van der Waals surface area contributed by atoms with Crippen molar-refractivity contribution in [3.8, 4) is 0 Å². The van der Waals surface area contributed by atoms with Gasteiger partial charge < -0.3 is 19.9 Å². The summed E-state index contributed by atoms with van der Waals surface area (Å²) in [5, 5.41) is 0. The van der Waals surface area contributed by atoms with Crippen LogP contribution in [0.25, 0.3) is 0 Å². The van der Waals surface area contributed by atoms with Gasteiger partial charge in [-0.25, -0.2) is 0 Å². The van der Waals surface area contributed by atoms with Crippen molar-refractivity contribution in [2.45, 2.75) is 63.5 Å². The highest BCUT2D eigenvalue weighted by Gasteiger charge is 2.53. The van der Waals surface area contributed by atoms with Crippen LogP contribution in [0.1, 0.15) is 51.4 Å². The number of nitrogens with two attached hydrogens (primary N) is 1. The molecule has 0 aromatic rings. The van der Waals surface area contributed by atoms with E-state index in [1.807, 2.05) is 0 Å². The predicted octanol–water partition coefficient (Wildman–Crippen LogP) is 2.50. The molecule has 20 heavy (non-hydrogen) atoms. The summed E-state index contributed by atoms with van der Waals surface area (Å²) in [7, 11) is 1.69. The molecule has 2 aliphatic rings. The van der Waals surface area contributed by atoms with Gasteiger partial charge in [0.15, 0.2) is 0 Å². The van der Waals surface area contributed by atoms with Crippen molar-refractivity contribution in [3.63, 3.8) is 0 Å². The van der Waals surface area contributed by atoms with E-state index in [1.54, 1.807) is 7.11 Å². The molecule has 1 spiro atoms. The molecule has 0 heterocycles. The normalized spacial score (nSPS) is 29.1. The summed E-state index contributed by atoms with van der Waals surface area (Å²) in [5.41, 5.74) is 6.61. The van der Waals surface area contributed by atoms with Crippen LogP contribution in [0.4, 0.5) is 0 Å². The number of ether oxygens (including phenoxy) is 3. The summed E-state index contributed by atoms with van der Waals surface area (Å²) < 4.78 is 16.5. The predicted molar refractivity (Wildman–Crippen MR) is 79.8 cm³/mol. The molecular weight excluding hydrogens is 254 g/mol. The van der Waals surface area contributed by atoms with Crippen molar-refractivity contribution in [2.75, 3.05) is 33.5 Å². The standard InChI is InChI=1S/C16H31NO3/c1-18-11-12-19-9-6-10-20-15-13-14(17)16(15)7-4-2-3-5-8-16/h14-15H,2-13,17H2,1H3. The largest absolute Gasteiger partial charge is 0.382 e. The summed E-state index contributed by atoms with van der Waals surface area (Å²) >= 11 is 0. The first-order chi connectivity index (χ1) is 9.79. The number of hydrogen-bond donors (Lipinski definition) is 1. The third-order valence-electron chi connectivity index (χ3n) is 5.07. The van der Waals surface area contributed by atoms with Crippen molar-refractivity contribution >= 4 is 0 Å². The van der Waals surface area contributed by atoms with Gasteiger partial charge in [-0.05, 0) is 25.7 Å². The zero-order valence-corrected chi connectivity index (χ0v) is 12.9. The fraction of sp³-hybridized carbons (Fsp3) is 1.00. The lowest BCUT2D eigenvalue weighted by Crippen LogP contribution is -2.62. The number of rotatable bonds is 8. The molecule has 0 amide bonds. The van der Waals surface area contributed by atoms with Crippen LogP contribution in [0.15, 0.2) is 0 Å². The maximum absolute atomic E-state index is 6.31. The maximum Gasteiger partial charge on any atom is 0.0700 e. The topological polar surface area (TPSA) is 53.7 Å². The Bertz CT molecular complexity index is 264. The molecule has 118 valence electrons. The van der Waals surface area contributed by atoms with Crippen LogP contribution in [0.5, 0.6) is 0 Å². The van der Waals surface area contributed by atoms with Gasteiger partial charge in [-0.1, -0.05) is 25.7 Å². The van der Waals surface area contributed by atoms with Crippen LogP contribution in [-0.2, 0) is 14.2 Å². The first kappa shape index (κ1) is 16.2. The molecule has 0 aromatic heterocycles. The van der Waals surface area contributed by atoms with E-state index in [4.69, 9.17) is 19.9 Å². The number of methoxy groups -OCH3 is 1. The van der Waals surface area contributed by atoms with Crippen LogP contribution in [0.2, 0.25) is 0 Å². The zero-order chi connectivity index (χ0) is 14.3. The lowest BCUT2D eigenvalue weighted by Gasteiger charge is -2.54. The van der Waals surface area contributed by atoms with Gasteiger partial charge in [0.05, 0.1) is 19.3 Å². The smallest absolute Gasteiger partial charge is 0.0700 e. The van der Waals surface area contributed by atoms with Crippen LogP contribution >= 0.6 is 0 Å². The fourth-order valence-electron chi connectivity index (χ4n) is 3.72. The van der Waals surface area contributed by atoms with E-state index in [9.17, 15) is 0 Å². The first-order valence-corrected chi connectivity index (χ1v) is 8.23. The molecule has 2 atom stereocenters. The van der Waals surface area contributed by atoms with Gasteiger partial charge in [-0.15, -0.1) is 0 Å². The van der Waals surface area contributed by atoms with Crippen molar-refractivity contribution in [1.82, 2.24) is 0 Å². The highest BCUT2D eigenvalue weighted by molar-refractivity contribution is 5.06. The zero-order valence-electron chi connectivity index (χ0n) is 12.9. The van der Waals surface area contributed by atoms with E-state index < -0.39 is 0 Å². The molecule has 4 heteroatoms. The average Bonchev–Trinajstić information content (AvgIpc) is 2.73. The molecule has 2 saturated carbocycles. The lowest BCUT2D eigenvalue weighted by molar-refractivity contribution is -0.136. The molecule has 0 bridgehead atoms. The van der Waals surface area contributed by atoms with E-state index >= 15 is 0 Å². The highest BCUT2D eigenvalue weighted by Crippen LogP contribution is 2.51. The summed E-state index contributed by atoms with van der Waals surface area (Å²) in [6.45, 7) is 2.90. The Labute approximate surface area is 123 Å².